The molecule has 0 fully saturated rings. The summed E-state index contributed by atoms with van der Waals surface area (Å²) in [6.07, 6.45) is 2.49. The lowest BCUT2D eigenvalue weighted by Gasteiger charge is -2.25. The molecule has 1 unspecified atom stereocenters. The number of aromatic nitrogens is 1. The third-order valence-corrected chi connectivity index (χ3v) is 4.23. The lowest BCUT2D eigenvalue weighted by Crippen LogP contribution is -2.36. The average molecular weight is 291 g/mol. The second-order valence-corrected chi connectivity index (χ2v) is 6.12. The van der Waals surface area contributed by atoms with Gasteiger partial charge in [0, 0.05) is 30.4 Å². The number of carbonyl (C=O) groups excluding carboxylic acids is 1. The highest BCUT2D eigenvalue weighted by Gasteiger charge is 2.17. The Kier molecular flexibility index (Phi) is 4.98. The summed E-state index contributed by atoms with van der Waals surface area (Å²) >= 11 is 1.62. The van der Waals surface area contributed by atoms with E-state index < -0.39 is 0 Å². The first-order chi connectivity index (χ1) is 9.58. The van der Waals surface area contributed by atoms with E-state index in [-0.39, 0.29) is 11.9 Å². The van der Waals surface area contributed by atoms with Gasteiger partial charge in [-0.15, -0.1) is 11.3 Å². The molecule has 1 atom stereocenters. The number of carbonyl (C=O) groups is 1. The quantitative estimate of drug-likeness (QED) is 0.884. The molecule has 2 heterocycles. The molecule has 0 saturated carbocycles. The molecule has 5 heteroatoms. The molecule has 0 aromatic carbocycles. The van der Waals surface area contributed by atoms with Crippen LogP contribution in [0.1, 0.15) is 16.6 Å². The maximum atomic E-state index is 12.0. The van der Waals surface area contributed by atoms with Gasteiger partial charge < -0.3 is 9.88 Å². The van der Waals surface area contributed by atoms with Gasteiger partial charge in [-0.25, -0.2) is 0 Å². The van der Waals surface area contributed by atoms with Gasteiger partial charge >= 0.3 is 0 Å². The van der Waals surface area contributed by atoms with Gasteiger partial charge in [-0.1, -0.05) is 6.07 Å². The summed E-state index contributed by atoms with van der Waals surface area (Å²) in [6, 6.07) is 8.27. The summed E-state index contributed by atoms with van der Waals surface area (Å²) in [5.74, 6) is 0.0773. The van der Waals surface area contributed by atoms with Crippen molar-refractivity contribution in [2.75, 3.05) is 20.6 Å². The van der Waals surface area contributed by atoms with Crippen LogP contribution >= 0.6 is 11.3 Å². The van der Waals surface area contributed by atoms with Gasteiger partial charge in [-0.05, 0) is 37.7 Å². The largest absolute Gasteiger partial charge is 0.354 e. The van der Waals surface area contributed by atoms with E-state index in [0.717, 1.165) is 4.88 Å². The van der Waals surface area contributed by atoms with Crippen LogP contribution in [0.4, 0.5) is 0 Å². The first-order valence-electron chi connectivity index (χ1n) is 6.64. The van der Waals surface area contributed by atoms with Crippen molar-refractivity contribution in [2.24, 2.45) is 7.05 Å². The van der Waals surface area contributed by atoms with Crippen LogP contribution in [-0.4, -0.2) is 36.0 Å². The maximum absolute atomic E-state index is 12.0. The number of nitrogens with zero attached hydrogens (tertiary/aromatic N) is 2. The van der Waals surface area contributed by atoms with Gasteiger partial charge in [0.15, 0.2) is 0 Å². The summed E-state index contributed by atoms with van der Waals surface area (Å²) in [5, 5.41) is 5.03. The third-order valence-electron chi connectivity index (χ3n) is 3.36. The monoisotopic (exact) mass is 291 g/mol. The first kappa shape index (κ1) is 14.8. The molecule has 0 bridgehead atoms. The van der Waals surface area contributed by atoms with Crippen molar-refractivity contribution >= 4 is 17.2 Å². The Morgan fingerprint density at radius 3 is 2.75 bits per heavy atom. The molecule has 108 valence electrons. The fourth-order valence-electron chi connectivity index (χ4n) is 2.22. The van der Waals surface area contributed by atoms with Gasteiger partial charge in [0.1, 0.15) is 0 Å². The molecule has 2 aromatic rings. The van der Waals surface area contributed by atoms with Crippen molar-refractivity contribution in [1.82, 2.24) is 14.8 Å². The normalized spacial score (nSPS) is 12.6. The van der Waals surface area contributed by atoms with E-state index in [2.05, 4.69) is 20.9 Å². The van der Waals surface area contributed by atoms with E-state index in [1.807, 2.05) is 50.9 Å². The van der Waals surface area contributed by atoms with Crippen molar-refractivity contribution in [2.45, 2.75) is 12.5 Å². The van der Waals surface area contributed by atoms with Crippen molar-refractivity contribution in [3.05, 3.63) is 46.4 Å². The fraction of sp³-hybridized carbons (Fsp3) is 0.400. The van der Waals surface area contributed by atoms with E-state index in [1.165, 1.54) is 5.69 Å². The van der Waals surface area contributed by atoms with Crippen molar-refractivity contribution in [1.29, 1.82) is 0 Å². The Morgan fingerprint density at radius 1 is 1.40 bits per heavy atom. The van der Waals surface area contributed by atoms with Crippen LogP contribution in [0.15, 0.2) is 35.8 Å². The molecule has 2 rings (SSSR count). The molecule has 0 aliphatic heterocycles. The Morgan fingerprint density at radius 2 is 2.20 bits per heavy atom. The lowest BCUT2D eigenvalue weighted by atomic mass is 10.2. The molecular weight excluding hydrogens is 270 g/mol. The van der Waals surface area contributed by atoms with Crippen LogP contribution in [0.3, 0.4) is 0 Å². The highest BCUT2D eigenvalue weighted by Crippen LogP contribution is 2.17. The number of thiophene rings is 1. The van der Waals surface area contributed by atoms with Gasteiger partial charge in [0.2, 0.25) is 5.91 Å². The van der Waals surface area contributed by atoms with E-state index in [1.54, 1.807) is 11.3 Å². The molecule has 1 N–H and O–H groups in total. The molecule has 0 saturated heterocycles. The smallest absolute Gasteiger partial charge is 0.225 e. The van der Waals surface area contributed by atoms with Crippen LogP contribution in [0.5, 0.6) is 0 Å². The molecular formula is C15H21N3OS. The summed E-state index contributed by atoms with van der Waals surface area (Å²) in [4.78, 5) is 15.2. The van der Waals surface area contributed by atoms with Crippen molar-refractivity contribution in [3.8, 4) is 0 Å². The summed E-state index contributed by atoms with van der Waals surface area (Å²) in [5.41, 5.74) is 1.20. The topological polar surface area (TPSA) is 37.3 Å². The zero-order valence-electron chi connectivity index (χ0n) is 12.2. The highest BCUT2D eigenvalue weighted by molar-refractivity contribution is 7.10. The van der Waals surface area contributed by atoms with Crippen molar-refractivity contribution in [3.63, 3.8) is 0 Å². The fourth-order valence-corrected chi connectivity index (χ4v) is 2.92. The first-order valence-corrected chi connectivity index (χ1v) is 7.52. The molecule has 2 aromatic heterocycles. The van der Waals surface area contributed by atoms with Crippen molar-refractivity contribution < 1.29 is 4.79 Å². The molecule has 20 heavy (non-hydrogen) atoms. The molecule has 0 radical (unpaired) electrons. The summed E-state index contributed by atoms with van der Waals surface area (Å²) in [7, 11) is 6.09. The molecule has 0 aliphatic carbocycles. The number of hydrogen-bond donors (Lipinski definition) is 1. The van der Waals surface area contributed by atoms with E-state index >= 15 is 0 Å². The number of amides is 1. The predicted octanol–water partition coefficient (Wildman–Crippen LogP) is 2.05. The minimum absolute atomic E-state index is 0.0773. The predicted molar refractivity (Wildman–Crippen MR) is 82.9 cm³/mol. The maximum Gasteiger partial charge on any atom is 0.225 e. The highest BCUT2D eigenvalue weighted by atomic mass is 32.1. The van der Waals surface area contributed by atoms with Gasteiger partial charge in [0.05, 0.1) is 12.5 Å². The summed E-state index contributed by atoms with van der Waals surface area (Å²) < 4.78 is 2.09. The number of rotatable bonds is 6. The van der Waals surface area contributed by atoms with Crippen LogP contribution in [-0.2, 0) is 18.3 Å². The van der Waals surface area contributed by atoms with E-state index in [9.17, 15) is 4.79 Å². The number of nitrogens with one attached hydrogen (secondary N) is 1. The standard InChI is InChI=1S/C15H21N3OS/c1-17(2)14(13-7-4-8-18(13)3)11-16-15(19)10-12-6-5-9-20-12/h4-9,14H,10-11H2,1-3H3,(H,16,19). The second kappa shape index (κ2) is 6.72. The average Bonchev–Trinajstić information content (AvgIpc) is 3.02. The van der Waals surface area contributed by atoms with Crippen LogP contribution in [0.2, 0.25) is 0 Å². The van der Waals surface area contributed by atoms with E-state index in [4.69, 9.17) is 0 Å². The Labute approximate surface area is 124 Å². The van der Waals surface area contributed by atoms with Gasteiger partial charge in [-0.3, -0.25) is 9.69 Å². The Hall–Kier alpha value is -1.59. The van der Waals surface area contributed by atoms with Crippen LogP contribution in [0.25, 0.3) is 0 Å². The molecule has 4 nitrogen and oxygen atoms in total. The molecule has 0 spiro atoms. The molecule has 1 amide bonds. The summed E-state index contributed by atoms with van der Waals surface area (Å²) in [6.45, 7) is 0.620. The minimum Gasteiger partial charge on any atom is -0.354 e. The molecule has 0 aliphatic rings. The third kappa shape index (κ3) is 3.71. The van der Waals surface area contributed by atoms with Crippen LogP contribution in [0, 0.1) is 0 Å². The Bertz CT molecular complexity index is 545. The zero-order valence-corrected chi connectivity index (χ0v) is 13.0. The Balaban J connectivity index is 1.93. The number of likely N-dealkylation sites (N-methyl/N-ethyl adjacent to an activating group) is 1. The van der Waals surface area contributed by atoms with Gasteiger partial charge in [0.25, 0.3) is 0 Å². The lowest BCUT2D eigenvalue weighted by molar-refractivity contribution is -0.120. The zero-order chi connectivity index (χ0) is 14.5. The van der Waals surface area contributed by atoms with E-state index in [0.29, 0.717) is 13.0 Å². The SMILES string of the molecule is CN(C)C(CNC(=O)Cc1cccs1)c1cccn1C. The van der Waals surface area contributed by atoms with Gasteiger partial charge in [-0.2, -0.15) is 0 Å². The minimum atomic E-state index is 0.0773. The second-order valence-electron chi connectivity index (χ2n) is 5.08. The number of aryl methyl sites for hydroxylation is 1. The van der Waals surface area contributed by atoms with Crippen LogP contribution < -0.4 is 5.32 Å². The number of hydrogen-bond acceptors (Lipinski definition) is 3.